The van der Waals surface area contributed by atoms with Crippen LogP contribution < -0.4 is 5.32 Å². The maximum Gasteiger partial charge on any atom is 0.219 e. The molecule has 1 atom stereocenters. The van der Waals surface area contributed by atoms with Gasteiger partial charge in [0.25, 0.3) is 0 Å². The summed E-state index contributed by atoms with van der Waals surface area (Å²) in [6, 6.07) is 13.1. The second kappa shape index (κ2) is 7.44. The molecule has 0 spiro atoms. The Morgan fingerprint density at radius 2 is 2.00 bits per heavy atom. The number of nitrogens with zero attached hydrogens (tertiary/aromatic N) is 4. The van der Waals surface area contributed by atoms with Crippen molar-refractivity contribution in [3.63, 3.8) is 0 Å². The van der Waals surface area contributed by atoms with Crippen molar-refractivity contribution in [1.82, 2.24) is 19.4 Å². The Morgan fingerprint density at radius 3 is 2.87 bits per heavy atom. The maximum absolute atomic E-state index is 11.8. The number of piperidine rings is 1. The summed E-state index contributed by atoms with van der Waals surface area (Å²) in [6.45, 7) is 3.23. The quantitative estimate of drug-likeness (QED) is 0.561. The molecular weight excluding hydrogens is 374 g/mol. The molecule has 0 radical (unpaired) electrons. The van der Waals surface area contributed by atoms with Crippen LogP contribution in [0, 0.1) is 0 Å². The smallest absolute Gasteiger partial charge is 0.219 e. The van der Waals surface area contributed by atoms with Crippen molar-refractivity contribution in [2.24, 2.45) is 7.05 Å². The molecule has 30 heavy (non-hydrogen) atoms. The van der Waals surface area contributed by atoms with Crippen molar-refractivity contribution in [2.45, 2.75) is 25.8 Å². The van der Waals surface area contributed by atoms with E-state index in [0.29, 0.717) is 0 Å². The topological polar surface area (TPSA) is 63.1 Å². The third kappa shape index (κ3) is 3.38. The van der Waals surface area contributed by atoms with E-state index in [0.717, 1.165) is 53.8 Å². The highest BCUT2D eigenvalue weighted by atomic mass is 16.2. The summed E-state index contributed by atoms with van der Waals surface area (Å²) in [5.74, 6) is 0.141. The molecule has 1 saturated heterocycles. The lowest BCUT2D eigenvalue weighted by molar-refractivity contribution is -0.129. The molecule has 4 aromatic rings. The van der Waals surface area contributed by atoms with Gasteiger partial charge < -0.3 is 14.8 Å². The van der Waals surface area contributed by atoms with Crippen LogP contribution in [0.5, 0.6) is 0 Å². The second-order valence-corrected chi connectivity index (χ2v) is 8.10. The van der Waals surface area contributed by atoms with Crippen molar-refractivity contribution in [2.75, 3.05) is 18.4 Å². The minimum atomic E-state index is 0.141. The number of aromatic nitrogens is 3. The SMILES string of the molecule is CC(=O)N1CCCC(Nc2cc(-c3ccc4ccn(C)c4c3)c3nccnc3c2)C1. The van der Waals surface area contributed by atoms with Crippen LogP contribution in [0.4, 0.5) is 5.69 Å². The molecule has 1 N–H and O–H groups in total. The van der Waals surface area contributed by atoms with Crippen LogP contribution in [0.25, 0.3) is 33.1 Å². The van der Waals surface area contributed by atoms with Gasteiger partial charge in [0.1, 0.15) is 0 Å². The summed E-state index contributed by atoms with van der Waals surface area (Å²) in [4.78, 5) is 22.9. The highest BCUT2D eigenvalue weighted by Crippen LogP contribution is 2.32. The van der Waals surface area contributed by atoms with E-state index in [1.54, 1.807) is 19.3 Å². The van der Waals surface area contributed by atoms with E-state index in [1.165, 1.54) is 10.9 Å². The number of fused-ring (bicyclic) bond motifs is 2. The van der Waals surface area contributed by atoms with Gasteiger partial charge in [0, 0.05) is 68.5 Å². The molecule has 6 nitrogen and oxygen atoms in total. The van der Waals surface area contributed by atoms with Crippen molar-refractivity contribution in [3.05, 3.63) is 55.0 Å². The largest absolute Gasteiger partial charge is 0.380 e. The van der Waals surface area contributed by atoms with Crippen LogP contribution in [0.3, 0.4) is 0 Å². The van der Waals surface area contributed by atoms with E-state index in [9.17, 15) is 4.79 Å². The zero-order valence-electron chi connectivity index (χ0n) is 17.3. The van der Waals surface area contributed by atoms with Gasteiger partial charge >= 0.3 is 0 Å². The standard InChI is InChI=1S/C24H25N5O/c1-16(30)29-10-3-4-19(15-29)27-20-13-21(24-22(14-20)25-8-9-26-24)18-6-5-17-7-11-28(2)23(17)12-18/h5-9,11-14,19,27H,3-4,10,15H2,1-2H3. The third-order valence-corrected chi connectivity index (χ3v) is 6.01. The van der Waals surface area contributed by atoms with Gasteiger partial charge in [-0.3, -0.25) is 14.8 Å². The molecule has 0 aliphatic carbocycles. The number of nitrogens with one attached hydrogen (secondary N) is 1. The van der Waals surface area contributed by atoms with Crippen LogP contribution >= 0.6 is 0 Å². The Bertz CT molecular complexity index is 1250. The average Bonchev–Trinajstić information content (AvgIpc) is 3.13. The second-order valence-electron chi connectivity index (χ2n) is 8.10. The number of aryl methyl sites for hydroxylation is 1. The van der Waals surface area contributed by atoms with Gasteiger partial charge in [-0.1, -0.05) is 12.1 Å². The van der Waals surface area contributed by atoms with Gasteiger partial charge in [-0.2, -0.15) is 0 Å². The number of anilines is 1. The minimum absolute atomic E-state index is 0.141. The molecule has 3 heterocycles. The molecular formula is C24H25N5O. The van der Waals surface area contributed by atoms with Crippen molar-refractivity contribution in [3.8, 4) is 11.1 Å². The Hall–Kier alpha value is -3.41. The fourth-order valence-electron chi connectivity index (χ4n) is 4.42. The first-order chi connectivity index (χ1) is 14.6. The lowest BCUT2D eigenvalue weighted by Crippen LogP contribution is -2.44. The highest BCUT2D eigenvalue weighted by molar-refractivity contribution is 5.97. The number of hydrogen-bond acceptors (Lipinski definition) is 4. The van der Waals surface area contributed by atoms with Gasteiger partial charge in [-0.15, -0.1) is 0 Å². The highest BCUT2D eigenvalue weighted by Gasteiger charge is 2.22. The first kappa shape index (κ1) is 18.6. The summed E-state index contributed by atoms with van der Waals surface area (Å²) in [7, 11) is 2.06. The summed E-state index contributed by atoms with van der Waals surface area (Å²) in [6.07, 6.45) is 7.61. The van der Waals surface area contributed by atoms with Crippen LogP contribution in [0.2, 0.25) is 0 Å². The fourth-order valence-corrected chi connectivity index (χ4v) is 4.42. The minimum Gasteiger partial charge on any atom is -0.380 e. The monoisotopic (exact) mass is 399 g/mol. The molecule has 152 valence electrons. The molecule has 1 fully saturated rings. The van der Waals surface area contributed by atoms with Crippen LogP contribution in [0.1, 0.15) is 19.8 Å². The van der Waals surface area contributed by atoms with Crippen molar-refractivity contribution in [1.29, 1.82) is 0 Å². The average molecular weight is 399 g/mol. The summed E-state index contributed by atoms with van der Waals surface area (Å²) >= 11 is 0. The van der Waals surface area contributed by atoms with E-state index in [4.69, 9.17) is 0 Å². The summed E-state index contributed by atoms with van der Waals surface area (Å²) in [5, 5.41) is 4.86. The molecule has 1 aliphatic heterocycles. The lowest BCUT2D eigenvalue weighted by Gasteiger charge is -2.33. The Labute approximate surface area is 175 Å². The number of rotatable bonds is 3. The van der Waals surface area contributed by atoms with Gasteiger partial charge in [0.2, 0.25) is 5.91 Å². The predicted molar refractivity (Wildman–Crippen MR) is 120 cm³/mol. The Balaban J connectivity index is 1.56. The number of hydrogen-bond donors (Lipinski definition) is 1. The molecule has 6 heteroatoms. The number of carbonyl (C=O) groups excluding carboxylic acids is 1. The molecule has 0 bridgehead atoms. The molecule has 2 aromatic heterocycles. The number of likely N-dealkylation sites (tertiary alicyclic amines) is 1. The van der Waals surface area contributed by atoms with Gasteiger partial charge in [0.15, 0.2) is 0 Å². The Morgan fingerprint density at radius 1 is 1.13 bits per heavy atom. The fraction of sp³-hybridized carbons (Fsp3) is 0.292. The summed E-state index contributed by atoms with van der Waals surface area (Å²) in [5.41, 5.74) is 6.14. The van der Waals surface area contributed by atoms with Crippen molar-refractivity contribution < 1.29 is 4.79 Å². The van der Waals surface area contributed by atoms with Crippen molar-refractivity contribution >= 4 is 33.5 Å². The molecule has 1 amide bonds. The van der Waals surface area contributed by atoms with Crippen LogP contribution in [0.15, 0.2) is 55.0 Å². The molecule has 2 aromatic carbocycles. The van der Waals surface area contributed by atoms with E-state index in [-0.39, 0.29) is 11.9 Å². The molecule has 0 saturated carbocycles. The first-order valence-corrected chi connectivity index (χ1v) is 10.4. The number of amides is 1. The summed E-state index contributed by atoms with van der Waals surface area (Å²) < 4.78 is 2.13. The molecule has 1 unspecified atom stereocenters. The first-order valence-electron chi connectivity index (χ1n) is 10.4. The predicted octanol–water partition coefficient (Wildman–Crippen LogP) is 4.21. The van der Waals surface area contributed by atoms with Crippen LogP contribution in [-0.2, 0) is 11.8 Å². The third-order valence-electron chi connectivity index (χ3n) is 6.01. The number of carbonyl (C=O) groups is 1. The van der Waals surface area contributed by atoms with Gasteiger partial charge in [-0.05, 0) is 48.1 Å². The number of benzene rings is 2. The zero-order chi connectivity index (χ0) is 20.7. The Kier molecular flexibility index (Phi) is 4.62. The zero-order valence-corrected chi connectivity index (χ0v) is 17.3. The molecule has 1 aliphatic rings. The van der Waals surface area contributed by atoms with Crippen LogP contribution in [-0.4, -0.2) is 44.5 Å². The van der Waals surface area contributed by atoms with Gasteiger partial charge in [0.05, 0.1) is 11.0 Å². The normalized spacial score (nSPS) is 16.9. The van der Waals surface area contributed by atoms with E-state index in [1.807, 2.05) is 4.90 Å². The van der Waals surface area contributed by atoms with E-state index >= 15 is 0 Å². The molecule has 5 rings (SSSR count). The lowest BCUT2D eigenvalue weighted by atomic mass is 10.0. The van der Waals surface area contributed by atoms with E-state index < -0.39 is 0 Å². The van der Waals surface area contributed by atoms with Gasteiger partial charge in [-0.25, -0.2) is 0 Å². The van der Waals surface area contributed by atoms with E-state index in [2.05, 4.69) is 69.5 Å². The maximum atomic E-state index is 11.8.